The first-order valence-electron chi connectivity index (χ1n) is 13.7. The molecule has 0 atom stereocenters. The Hall–Kier alpha value is -6.10. The zero-order valence-corrected chi connectivity index (χ0v) is 25.6. The van der Waals surface area contributed by atoms with Crippen LogP contribution in [0.3, 0.4) is 0 Å². The van der Waals surface area contributed by atoms with Crippen LogP contribution in [0.25, 0.3) is 43.1 Å². The van der Waals surface area contributed by atoms with Crippen LogP contribution in [0.1, 0.15) is 0 Å². The molecule has 0 N–H and O–H groups in total. The lowest BCUT2D eigenvalue weighted by molar-refractivity contribution is 0.357. The normalized spacial score (nSPS) is 13.1. The number of aromatic nitrogens is 1. The number of rotatable bonds is 4. The van der Waals surface area contributed by atoms with Crippen molar-refractivity contribution in [1.29, 1.82) is 10.5 Å². The molecule has 1 heterocycles. The van der Waals surface area contributed by atoms with E-state index < -0.39 is 58.6 Å². The number of nitriles is 2. The first-order valence-corrected chi connectivity index (χ1v) is 16.6. The second kappa shape index (κ2) is 11.0. The smallest absolute Gasteiger partial charge is 0.223 e. The third-order valence-electron chi connectivity index (χ3n) is 8.05. The van der Waals surface area contributed by atoms with Gasteiger partial charge in [-0.1, -0.05) is 30.3 Å². The molecular weight excluding hydrogens is 690 g/mol. The summed E-state index contributed by atoms with van der Waals surface area (Å²) in [5, 5.41) is 21.1. The SMILES string of the molecule is N#C/N=c1\c2cc(S(=O)(=O)c3ccccn3)ccc2c2ccc3c4ccc(S(=O)(=O)c5c(F)c(F)c(F)c(F)c5F)cc4/c(=N\C#N)c3c12. The van der Waals surface area contributed by atoms with E-state index in [0.29, 0.717) is 16.2 Å². The van der Waals surface area contributed by atoms with Gasteiger partial charge in [-0.25, -0.2) is 43.8 Å². The fourth-order valence-electron chi connectivity index (χ4n) is 5.95. The average Bonchev–Trinajstić information content (AvgIpc) is 3.58. The molecule has 0 saturated carbocycles. The van der Waals surface area contributed by atoms with E-state index in [9.17, 15) is 49.3 Å². The van der Waals surface area contributed by atoms with E-state index in [2.05, 4.69) is 15.0 Å². The van der Waals surface area contributed by atoms with Crippen molar-refractivity contribution >= 4 is 62.8 Å². The Labute approximate surface area is 271 Å². The third kappa shape index (κ3) is 4.42. The Morgan fingerprint density at radius 2 is 1.00 bits per heavy atom. The number of sulfone groups is 2. The molecule has 0 spiro atoms. The molecule has 0 radical (unpaired) electrons. The average molecular weight is 702 g/mol. The van der Waals surface area contributed by atoms with Crippen molar-refractivity contribution in [2.45, 2.75) is 19.7 Å². The molecule has 0 aliphatic rings. The van der Waals surface area contributed by atoms with Crippen LogP contribution in [-0.2, 0) is 19.7 Å². The molecule has 7 rings (SSSR count). The van der Waals surface area contributed by atoms with Crippen LogP contribution in [0.2, 0.25) is 0 Å². The summed E-state index contributed by atoms with van der Waals surface area (Å²) in [4.78, 5) is 8.68. The lowest BCUT2D eigenvalue weighted by atomic mass is 10.1. The first kappa shape index (κ1) is 31.5. The molecule has 0 amide bonds. The van der Waals surface area contributed by atoms with Gasteiger partial charge < -0.3 is 0 Å². The summed E-state index contributed by atoms with van der Waals surface area (Å²) in [6, 6.07) is 14.8. The Kier molecular flexibility index (Phi) is 7.06. The van der Waals surface area contributed by atoms with Crippen LogP contribution in [0.15, 0.2) is 103 Å². The fourth-order valence-corrected chi connectivity index (χ4v) is 8.58. The van der Waals surface area contributed by atoms with E-state index in [1.807, 2.05) is 0 Å². The Morgan fingerprint density at radius 3 is 1.45 bits per heavy atom. The number of benzene rings is 4. The molecule has 0 bridgehead atoms. The molecule has 1 aromatic heterocycles. The highest BCUT2D eigenvalue weighted by Gasteiger charge is 2.35. The third-order valence-corrected chi connectivity index (χ3v) is 11.5. The van der Waals surface area contributed by atoms with Gasteiger partial charge in [0.2, 0.25) is 37.9 Å². The number of pyridine rings is 1. The zero-order valence-electron chi connectivity index (χ0n) is 24.0. The van der Waals surface area contributed by atoms with Crippen molar-refractivity contribution in [3.05, 3.63) is 113 Å². The van der Waals surface area contributed by atoms with E-state index in [0.717, 1.165) is 12.1 Å². The second-order valence-corrected chi connectivity index (χ2v) is 14.3. The van der Waals surface area contributed by atoms with Crippen LogP contribution in [0.4, 0.5) is 22.0 Å². The van der Waals surface area contributed by atoms with E-state index in [-0.39, 0.29) is 47.6 Å². The maximum absolute atomic E-state index is 14.6. The Morgan fingerprint density at radius 1 is 0.551 bits per heavy atom. The number of nitrogens with zero attached hydrogens (tertiary/aromatic N) is 5. The summed E-state index contributed by atoms with van der Waals surface area (Å²) in [5.74, 6) is -12.5. The van der Waals surface area contributed by atoms with Gasteiger partial charge in [0.15, 0.2) is 28.3 Å². The Balaban J connectivity index is 1.57. The van der Waals surface area contributed by atoms with E-state index in [1.165, 1.54) is 42.6 Å². The van der Waals surface area contributed by atoms with Crippen molar-refractivity contribution in [2.24, 2.45) is 9.98 Å². The van der Waals surface area contributed by atoms with Gasteiger partial charge >= 0.3 is 0 Å². The molecule has 7 aromatic rings. The molecular formula is C33H12F5N5O4S2. The van der Waals surface area contributed by atoms with Gasteiger partial charge in [-0.15, -0.1) is 0 Å². The summed E-state index contributed by atoms with van der Waals surface area (Å²) in [5.41, 5.74) is 0. The van der Waals surface area contributed by atoms with Crippen molar-refractivity contribution in [3.8, 4) is 12.4 Å². The molecule has 16 heteroatoms. The van der Waals surface area contributed by atoms with Gasteiger partial charge in [-0.05, 0) is 57.9 Å². The summed E-state index contributed by atoms with van der Waals surface area (Å²) in [6.45, 7) is 0. The molecule has 0 aliphatic heterocycles. The summed E-state index contributed by atoms with van der Waals surface area (Å²) in [6.07, 6.45) is 4.62. The lowest BCUT2D eigenvalue weighted by Crippen LogP contribution is -2.13. The minimum atomic E-state index is -5.39. The van der Waals surface area contributed by atoms with Crippen LogP contribution < -0.4 is 10.7 Å². The second-order valence-electron chi connectivity index (χ2n) is 10.5. The molecule has 0 fully saturated rings. The van der Waals surface area contributed by atoms with Gasteiger partial charge in [0.1, 0.15) is 4.90 Å². The van der Waals surface area contributed by atoms with E-state index in [4.69, 9.17) is 0 Å². The summed E-state index contributed by atoms with van der Waals surface area (Å²) >= 11 is 0. The predicted molar refractivity (Wildman–Crippen MR) is 163 cm³/mol. The van der Waals surface area contributed by atoms with Crippen molar-refractivity contribution < 1.29 is 38.8 Å². The van der Waals surface area contributed by atoms with Crippen LogP contribution in [0, 0.1) is 52.0 Å². The molecule has 240 valence electrons. The maximum Gasteiger partial charge on any atom is 0.223 e. The monoisotopic (exact) mass is 701 g/mol. The van der Waals surface area contributed by atoms with Crippen LogP contribution >= 0.6 is 0 Å². The van der Waals surface area contributed by atoms with Crippen LogP contribution in [0.5, 0.6) is 0 Å². The number of hydrogen-bond acceptors (Lipinski definition) is 9. The molecule has 0 saturated heterocycles. The molecule has 49 heavy (non-hydrogen) atoms. The van der Waals surface area contributed by atoms with Crippen molar-refractivity contribution in [1.82, 2.24) is 4.98 Å². The van der Waals surface area contributed by atoms with Gasteiger partial charge in [-0.2, -0.15) is 20.5 Å². The zero-order chi connectivity index (χ0) is 35.0. The van der Waals surface area contributed by atoms with Gasteiger partial charge in [0.25, 0.3) is 0 Å². The lowest BCUT2D eigenvalue weighted by Gasteiger charge is -2.09. The first-order chi connectivity index (χ1) is 23.3. The molecule has 0 aliphatic carbocycles. The molecule has 6 aromatic carbocycles. The largest absolute Gasteiger partial charge is 0.244 e. The van der Waals surface area contributed by atoms with E-state index in [1.54, 1.807) is 30.6 Å². The van der Waals surface area contributed by atoms with Gasteiger partial charge in [0, 0.05) is 27.7 Å². The number of halogens is 5. The standard InChI is InChI=1S/C33H12F5N5O4S2/c34-26-27(35)29(37)33(30(38)28(26)36)49(46,47)16-5-7-18-20-9-8-19-17-6-4-15(48(44,45)23-3-1-2-10-41-23)11-21(17)31(42-13-39)24(19)25(20)32(43-14-40)22(18)12-16/h1-12H/b42-31+,43-32+. The maximum atomic E-state index is 14.6. The van der Waals surface area contributed by atoms with Crippen molar-refractivity contribution in [2.75, 3.05) is 0 Å². The highest BCUT2D eigenvalue weighted by atomic mass is 32.2. The highest BCUT2D eigenvalue weighted by Crippen LogP contribution is 2.37. The molecule has 0 unspecified atom stereocenters. The summed E-state index contributed by atoms with van der Waals surface area (Å²) < 4.78 is 124. The summed E-state index contributed by atoms with van der Waals surface area (Å²) in [7, 11) is -9.50. The van der Waals surface area contributed by atoms with Crippen LogP contribution in [-0.4, -0.2) is 21.8 Å². The van der Waals surface area contributed by atoms with Gasteiger partial charge in [-0.3, -0.25) is 0 Å². The quantitative estimate of drug-likeness (QED) is 0.0751. The molecule has 9 nitrogen and oxygen atoms in total. The fraction of sp³-hybridized carbons (Fsp3) is 0. The number of hydrogen-bond donors (Lipinski definition) is 0. The number of fused-ring (bicyclic) bond motifs is 7. The minimum Gasteiger partial charge on any atom is -0.244 e. The van der Waals surface area contributed by atoms with Crippen molar-refractivity contribution in [3.63, 3.8) is 0 Å². The Bertz CT molecular complexity index is 3030. The minimum absolute atomic E-state index is 0.00937. The predicted octanol–water partition coefficient (Wildman–Crippen LogP) is 5.69. The highest BCUT2D eigenvalue weighted by molar-refractivity contribution is 7.91. The van der Waals surface area contributed by atoms with Gasteiger partial charge in [0.05, 0.1) is 20.5 Å². The topological polar surface area (TPSA) is 153 Å². The van der Waals surface area contributed by atoms with E-state index >= 15 is 0 Å².